The van der Waals surface area contributed by atoms with Gasteiger partial charge in [-0.2, -0.15) is 4.31 Å². The first-order valence-corrected chi connectivity index (χ1v) is 11.1. The predicted molar refractivity (Wildman–Crippen MR) is 106 cm³/mol. The van der Waals surface area contributed by atoms with Crippen LogP contribution in [0, 0.1) is 0 Å². The molecule has 0 aliphatic carbocycles. The molecule has 1 aromatic carbocycles. The summed E-state index contributed by atoms with van der Waals surface area (Å²) in [7, 11) is -3.12. The standard InChI is InChI=1S/C18H28N4O4S/c1-2-27(24,25)22-11-9-21(10-12-22)17-5-3-15(4-6-17)19-18(23)20-16-7-13-26-14-8-16/h3-6,16H,2,7-14H2,1H3,(H2,19,20,23). The van der Waals surface area contributed by atoms with Gasteiger partial charge < -0.3 is 20.3 Å². The summed E-state index contributed by atoms with van der Waals surface area (Å²) in [6.07, 6.45) is 1.68. The highest BCUT2D eigenvalue weighted by molar-refractivity contribution is 7.89. The normalized spacial score (nSPS) is 19.7. The summed E-state index contributed by atoms with van der Waals surface area (Å²) in [4.78, 5) is 14.3. The SMILES string of the molecule is CCS(=O)(=O)N1CCN(c2ccc(NC(=O)NC3CCOCC3)cc2)CC1. The van der Waals surface area contributed by atoms with Crippen molar-refractivity contribution in [3.63, 3.8) is 0 Å². The number of anilines is 2. The Morgan fingerprint density at radius 1 is 1.11 bits per heavy atom. The fourth-order valence-corrected chi connectivity index (χ4v) is 4.44. The molecular weight excluding hydrogens is 368 g/mol. The third kappa shape index (κ3) is 5.33. The smallest absolute Gasteiger partial charge is 0.319 e. The second-order valence-electron chi connectivity index (χ2n) is 6.82. The van der Waals surface area contributed by atoms with Crippen molar-refractivity contribution in [1.29, 1.82) is 0 Å². The molecule has 9 heteroatoms. The number of carbonyl (C=O) groups is 1. The molecule has 0 spiro atoms. The molecule has 3 rings (SSSR count). The monoisotopic (exact) mass is 396 g/mol. The number of carbonyl (C=O) groups excluding carboxylic acids is 1. The van der Waals surface area contributed by atoms with E-state index in [-0.39, 0.29) is 17.8 Å². The van der Waals surface area contributed by atoms with Crippen LogP contribution in [-0.2, 0) is 14.8 Å². The molecule has 2 heterocycles. The van der Waals surface area contributed by atoms with Crippen molar-refractivity contribution >= 4 is 27.4 Å². The average Bonchev–Trinajstić information content (AvgIpc) is 2.69. The van der Waals surface area contributed by atoms with Crippen LogP contribution in [0.4, 0.5) is 16.2 Å². The van der Waals surface area contributed by atoms with Gasteiger partial charge in [0.05, 0.1) is 5.75 Å². The third-order valence-electron chi connectivity index (χ3n) is 5.04. The molecule has 2 amide bonds. The second kappa shape index (κ2) is 8.90. The van der Waals surface area contributed by atoms with Crippen LogP contribution in [0.2, 0.25) is 0 Å². The minimum absolute atomic E-state index is 0.142. The lowest BCUT2D eigenvalue weighted by atomic mass is 10.1. The predicted octanol–water partition coefficient (Wildman–Crippen LogP) is 1.46. The fraction of sp³-hybridized carbons (Fsp3) is 0.611. The summed E-state index contributed by atoms with van der Waals surface area (Å²) in [6.45, 7) is 5.38. The van der Waals surface area contributed by atoms with Crippen LogP contribution in [-0.4, -0.2) is 69.9 Å². The first-order chi connectivity index (χ1) is 13.0. The number of amides is 2. The molecule has 0 atom stereocenters. The number of urea groups is 1. The molecule has 0 aromatic heterocycles. The average molecular weight is 397 g/mol. The van der Waals surface area contributed by atoms with Crippen LogP contribution < -0.4 is 15.5 Å². The van der Waals surface area contributed by atoms with E-state index in [2.05, 4.69) is 15.5 Å². The van der Waals surface area contributed by atoms with Crippen LogP contribution in [0.1, 0.15) is 19.8 Å². The summed E-state index contributed by atoms with van der Waals surface area (Å²) in [6, 6.07) is 7.60. The van der Waals surface area contributed by atoms with Crippen molar-refractivity contribution < 1.29 is 17.9 Å². The van der Waals surface area contributed by atoms with Gasteiger partial charge in [-0.3, -0.25) is 0 Å². The number of rotatable bonds is 5. The largest absolute Gasteiger partial charge is 0.381 e. The van der Waals surface area contributed by atoms with Crippen LogP contribution in [0.15, 0.2) is 24.3 Å². The number of benzene rings is 1. The minimum atomic E-state index is -3.12. The van der Waals surface area contributed by atoms with Gasteiger partial charge in [-0.15, -0.1) is 0 Å². The zero-order chi connectivity index (χ0) is 19.3. The van der Waals surface area contributed by atoms with E-state index in [0.717, 1.165) is 24.2 Å². The molecule has 150 valence electrons. The fourth-order valence-electron chi connectivity index (χ4n) is 3.36. The highest BCUT2D eigenvalue weighted by Crippen LogP contribution is 2.20. The minimum Gasteiger partial charge on any atom is -0.381 e. The number of hydrogen-bond donors (Lipinski definition) is 2. The van der Waals surface area contributed by atoms with Crippen molar-refractivity contribution in [3.05, 3.63) is 24.3 Å². The summed E-state index contributed by atoms with van der Waals surface area (Å²) in [5, 5.41) is 5.82. The lowest BCUT2D eigenvalue weighted by Gasteiger charge is -2.35. The Hall–Kier alpha value is -1.84. The van der Waals surface area contributed by atoms with Gasteiger partial charge >= 0.3 is 6.03 Å². The number of sulfonamides is 1. The van der Waals surface area contributed by atoms with E-state index >= 15 is 0 Å². The van der Waals surface area contributed by atoms with E-state index in [1.165, 1.54) is 0 Å². The van der Waals surface area contributed by atoms with Gasteiger partial charge in [-0.05, 0) is 44.0 Å². The maximum atomic E-state index is 12.1. The van der Waals surface area contributed by atoms with E-state index < -0.39 is 10.0 Å². The highest BCUT2D eigenvalue weighted by Gasteiger charge is 2.25. The molecule has 0 bridgehead atoms. The van der Waals surface area contributed by atoms with Gasteiger partial charge in [-0.1, -0.05) is 0 Å². The van der Waals surface area contributed by atoms with E-state index in [0.29, 0.717) is 39.4 Å². The van der Waals surface area contributed by atoms with Crippen LogP contribution in [0.25, 0.3) is 0 Å². The number of piperazine rings is 1. The molecule has 27 heavy (non-hydrogen) atoms. The van der Waals surface area contributed by atoms with Gasteiger partial charge in [0, 0.05) is 56.8 Å². The van der Waals surface area contributed by atoms with E-state index in [1.807, 2.05) is 24.3 Å². The number of ether oxygens (including phenoxy) is 1. The van der Waals surface area contributed by atoms with Gasteiger partial charge in [0.25, 0.3) is 0 Å². The first-order valence-electron chi connectivity index (χ1n) is 9.46. The third-order valence-corrected chi connectivity index (χ3v) is 6.93. The molecule has 2 aliphatic rings. The van der Waals surface area contributed by atoms with Gasteiger partial charge in [0.1, 0.15) is 0 Å². The quantitative estimate of drug-likeness (QED) is 0.786. The summed E-state index contributed by atoms with van der Waals surface area (Å²) < 4.78 is 30.7. The summed E-state index contributed by atoms with van der Waals surface area (Å²) >= 11 is 0. The molecule has 2 fully saturated rings. The molecule has 0 unspecified atom stereocenters. The Morgan fingerprint density at radius 3 is 2.33 bits per heavy atom. The van der Waals surface area contributed by atoms with E-state index in [4.69, 9.17) is 4.74 Å². The number of hydrogen-bond acceptors (Lipinski definition) is 5. The molecular formula is C18H28N4O4S. The Morgan fingerprint density at radius 2 is 1.74 bits per heavy atom. The maximum Gasteiger partial charge on any atom is 0.319 e. The second-order valence-corrected chi connectivity index (χ2v) is 9.08. The molecule has 0 saturated carbocycles. The Kier molecular flexibility index (Phi) is 6.56. The van der Waals surface area contributed by atoms with E-state index in [1.54, 1.807) is 11.2 Å². The molecule has 2 saturated heterocycles. The van der Waals surface area contributed by atoms with Gasteiger partial charge in [0.2, 0.25) is 10.0 Å². The topological polar surface area (TPSA) is 91.0 Å². The van der Waals surface area contributed by atoms with Crippen molar-refractivity contribution in [2.45, 2.75) is 25.8 Å². The molecule has 8 nitrogen and oxygen atoms in total. The number of nitrogens with one attached hydrogen (secondary N) is 2. The zero-order valence-corrected chi connectivity index (χ0v) is 16.5. The lowest BCUT2D eigenvalue weighted by Crippen LogP contribution is -2.49. The molecule has 0 radical (unpaired) electrons. The lowest BCUT2D eigenvalue weighted by molar-refractivity contribution is 0.0806. The van der Waals surface area contributed by atoms with Crippen LogP contribution in [0.3, 0.4) is 0 Å². The zero-order valence-electron chi connectivity index (χ0n) is 15.7. The summed E-state index contributed by atoms with van der Waals surface area (Å²) in [5.74, 6) is 0.142. The Labute approximate surface area is 160 Å². The van der Waals surface area contributed by atoms with Gasteiger partial charge in [-0.25, -0.2) is 13.2 Å². The maximum absolute atomic E-state index is 12.1. The summed E-state index contributed by atoms with van der Waals surface area (Å²) in [5.41, 5.74) is 1.76. The van der Waals surface area contributed by atoms with Crippen LogP contribution >= 0.6 is 0 Å². The number of nitrogens with zero attached hydrogens (tertiary/aromatic N) is 2. The van der Waals surface area contributed by atoms with Crippen molar-refractivity contribution in [1.82, 2.24) is 9.62 Å². The van der Waals surface area contributed by atoms with Crippen molar-refractivity contribution in [2.24, 2.45) is 0 Å². The van der Waals surface area contributed by atoms with Gasteiger partial charge in [0.15, 0.2) is 0 Å². The first kappa shape index (κ1) is 19.9. The van der Waals surface area contributed by atoms with E-state index in [9.17, 15) is 13.2 Å². The van der Waals surface area contributed by atoms with Crippen LogP contribution in [0.5, 0.6) is 0 Å². The van der Waals surface area contributed by atoms with Crippen molar-refractivity contribution in [2.75, 3.05) is 55.4 Å². The highest BCUT2D eigenvalue weighted by atomic mass is 32.2. The molecule has 1 aromatic rings. The Bertz CT molecular complexity index is 724. The molecule has 2 aliphatic heterocycles. The molecule has 2 N–H and O–H groups in total. The Balaban J connectivity index is 1.49. The van der Waals surface area contributed by atoms with Crippen molar-refractivity contribution in [3.8, 4) is 0 Å².